The second-order valence-corrected chi connectivity index (χ2v) is 7.62. The molecule has 2 aromatic rings. The molecule has 1 aliphatic heterocycles. The van der Waals surface area contributed by atoms with Crippen molar-refractivity contribution in [2.24, 2.45) is 0 Å². The van der Waals surface area contributed by atoms with Crippen molar-refractivity contribution in [2.45, 2.75) is 24.8 Å². The number of carbonyl (C=O) groups excluding carboxylic acids is 1. The Morgan fingerprint density at radius 3 is 2.80 bits per heavy atom. The third-order valence-electron chi connectivity index (χ3n) is 3.95. The first kappa shape index (κ1) is 18.1. The van der Waals surface area contributed by atoms with Gasteiger partial charge in [-0.05, 0) is 52.7 Å². The lowest BCUT2D eigenvalue weighted by molar-refractivity contribution is -0.131. The van der Waals surface area contributed by atoms with E-state index in [0.29, 0.717) is 19.5 Å². The number of rotatable bonds is 7. The van der Waals surface area contributed by atoms with Gasteiger partial charge in [0.2, 0.25) is 12.7 Å². The summed E-state index contributed by atoms with van der Waals surface area (Å²) in [7, 11) is 0. The van der Waals surface area contributed by atoms with Gasteiger partial charge < -0.3 is 14.4 Å². The van der Waals surface area contributed by atoms with Crippen LogP contribution in [0.2, 0.25) is 0 Å². The van der Waals surface area contributed by atoms with Gasteiger partial charge in [-0.2, -0.15) is 0 Å². The molecule has 0 fully saturated rings. The third kappa shape index (κ3) is 4.70. The lowest BCUT2D eigenvalue weighted by Crippen LogP contribution is -2.30. The number of nitrogens with zero attached hydrogens (tertiary/aromatic N) is 1. The quantitative estimate of drug-likeness (QED) is 0.606. The van der Waals surface area contributed by atoms with Crippen molar-refractivity contribution < 1.29 is 14.3 Å². The van der Waals surface area contributed by atoms with E-state index >= 15 is 0 Å². The maximum atomic E-state index is 12.5. The molecule has 0 aromatic heterocycles. The molecule has 0 atom stereocenters. The Bertz CT molecular complexity index is 753. The maximum Gasteiger partial charge on any atom is 0.231 e. The first-order valence-electron chi connectivity index (χ1n) is 8.21. The van der Waals surface area contributed by atoms with Gasteiger partial charge in [0.05, 0.1) is 0 Å². The lowest BCUT2D eigenvalue weighted by Gasteiger charge is -2.21. The number of carbonyl (C=O) groups is 1. The molecule has 1 amide bonds. The van der Waals surface area contributed by atoms with E-state index < -0.39 is 0 Å². The number of thioether (sulfide) groups is 1. The number of halogens is 1. The smallest absolute Gasteiger partial charge is 0.231 e. The summed E-state index contributed by atoms with van der Waals surface area (Å²) in [6, 6.07) is 13.9. The van der Waals surface area contributed by atoms with Crippen molar-refractivity contribution >= 4 is 33.6 Å². The highest BCUT2D eigenvalue weighted by Crippen LogP contribution is 2.33. The summed E-state index contributed by atoms with van der Waals surface area (Å²) >= 11 is 5.23. The molecular formula is C19H20BrNO3S. The highest BCUT2D eigenvalue weighted by Gasteiger charge is 2.16. The van der Waals surface area contributed by atoms with Gasteiger partial charge in [-0.25, -0.2) is 0 Å². The Balaban J connectivity index is 1.53. The summed E-state index contributed by atoms with van der Waals surface area (Å²) in [5.41, 5.74) is 1.05. The number of amides is 1. The molecule has 1 heterocycles. The summed E-state index contributed by atoms with van der Waals surface area (Å²) in [5.74, 6) is 2.45. The van der Waals surface area contributed by atoms with Crippen molar-refractivity contribution in [3.05, 3.63) is 52.5 Å². The van der Waals surface area contributed by atoms with Crippen molar-refractivity contribution in [1.29, 1.82) is 0 Å². The SMILES string of the molecule is CCN(Cc1ccc2c(c1)OCO2)C(=O)CCSc1ccccc1Br. The van der Waals surface area contributed by atoms with Crippen LogP contribution in [0.3, 0.4) is 0 Å². The Morgan fingerprint density at radius 2 is 2.00 bits per heavy atom. The zero-order chi connectivity index (χ0) is 17.6. The minimum atomic E-state index is 0.166. The molecule has 0 saturated carbocycles. The van der Waals surface area contributed by atoms with Crippen LogP contribution in [0, 0.1) is 0 Å². The van der Waals surface area contributed by atoms with Crippen LogP contribution in [0.4, 0.5) is 0 Å². The maximum absolute atomic E-state index is 12.5. The summed E-state index contributed by atoms with van der Waals surface area (Å²) < 4.78 is 11.8. The molecule has 6 heteroatoms. The lowest BCUT2D eigenvalue weighted by atomic mass is 10.2. The fraction of sp³-hybridized carbons (Fsp3) is 0.316. The van der Waals surface area contributed by atoms with Gasteiger partial charge in [-0.1, -0.05) is 18.2 Å². The molecule has 0 bridgehead atoms. The second-order valence-electron chi connectivity index (χ2n) is 5.62. The molecule has 25 heavy (non-hydrogen) atoms. The van der Waals surface area contributed by atoms with Gasteiger partial charge in [0.15, 0.2) is 11.5 Å². The van der Waals surface area contributed by atoms with Gasteiger partial charge in [-0.15, -0.1) is 11.8 Å². The highest BCUT2D eigenvalue weighted by molar-refractivity contribution is 9.10. The van der Waals surface area contributed by atoms with E-state index in [1.165, 1.54) is 0 Å². The summed E-state index contributed by atoms with van der Waals surface area (Å²) in [6.07, 6.45) is 0.518. The first-order valence-corrected chi connectivity index (χ1v) is 9.99. The summed E-state index contributed by atoms with van der Waals surface area (Å²) in [6.45, 7) is 3.55. The van der Waals surface area contributed by atoms with E-state index in [4.69, 9.17) is 9.47 Å². The van der Waals surface area contributed by atoms with Crippen LogP contribution < -0.4 is 9.47 Å². The number of fused-ring (bicyclic) bond motifs is 1. The van der Waals surface area contributed by atoms with Crippen LogP contribution in [0.15, 0.2) is 51.8 Å². The largest absolute Gasteiger partial charge is 0.454 e. The van der Waals surface area contributed by atoms with E-state index in [9.17, 15) is 4.79 Å². The van der Waals surface area contributed by atoms with Crippen LogP contribution in [0.5, 0.6) is 11.5 Å². The zero-order valence-corrected chi connectivity index (χ0v) is 16.4. The van der Waals surface area contributed by atoms with Crippen LogP contribution >= 0.6 is 27.7 Å². The third-order valence-corrected chi connectivity index (χ3v) is 5.98. The minimum Gasteiger partial charge on any atom is -0.454 e. The molecule has 2 aromatic carbocycles. The van der Waals surface area contributed by atoms with E-state index in [-0.39, 0.29) is 12.7 Å². The van der Waals surface area contributed by atoms with Crippen molar-refractivity contribution in [3.63, 3.8) is 0 Å². The van der Waals surface area contributed by atoms with Gasteiger partial charge in [0.1, 0.15) is 0 Å². The molecule has 0 radical (unpaired) electrons. The number of hydrogen-bond acceptors (Lipinski definition) is 4. The molecule has 0 spiro atoms. The standard InChI is InChI=1S/C19H20BrNO3S/c1-2-21(12-14-7-8-16-17(11-14)24-13-23-16)19(22)9-10-25-18-6-4-3-5-15(18)20/h3-8,11H,2,9-10,12-13H2,1H3. The van der Waals surface area contributed by atoms with Gasteiger partial charge in [0.25, 0.3) is 0 Å². The highest BCUT2D eigenvalue weighted by atomic mass is 79.9. The zero-order valence-electron chi connectivity index (χ0n) is 14.0. The Labute approximate surface area is 160 Å². The number of ether oxygens (including phenoxy) is 2. The van der Waals surface area contributed by atoms with Gasteiger partial charge in [-0.3, -0.25) is 4.79 Å². The molecule has 0 aliphatic carbocycles. The number of hydrogen-bond donors (Lipinski definition) is 0. The van der Waals surface area contributed by atoms with Crippen molar-refractivity contribution in [3.8, 4) is 11.5 Å². The molecule has 0 saturated heterocycles. The Hall–Kier alpha value is -1.66. The topological polar surface area (TPSA) is 38.8 Å². The van der Waals surface area contributed by atoms with Gasteiger partial charge in [0, 0.05) is 34.6 Å². The summed E-state index contributed by atoms with van der Waals surface area (Å²) in [5, 5.41) is 0. The number of benzene rings is 2. The van der Waals surface area contributed by atoms with E-state index in [1.807, 2.05) is 48.2 Å². The normalized spacial score (nSPS) is 12.2. The molecule has 1 aliphatic rings. The van der Waals surface area contributed by atoms with Crippen LogP contribution in [-0.4, -0.2) is 29.9 Å². The first-order chi connectivity index (χ1) is 12.2. The molecule has 4 nitrogen and oxygen atoms in total. The van der Waals surface area contributed by atoms with Crippen molar-refractivity contribution in [1.82, 2.24) is 4.90 Å². The average molecular weight is 422 g/mol. The fourth-order valence-electron chi connectivity index (χ4n) is 2.60. The molecule has 0 unspecified atom stereocenters. The van der Waals surface area contributed by atoms with Crippen LogP contribution in [-0.2, 0) is 11.3 Å². The van der Waals surface area contributed by atoms with E-state index in [1.54, 1.807) is 11.8 Å². The van der Waals surface area contributed by atoms with Crippen LogP contribution in [0.25, 0.3) is 0 Å². The molecule has 132 valence electrons. The predicted octanol–water partition coefficient (Wildman–Crippen LogP) is 4.71. The Kier molecular flexibility index (Phi) is 6.26. The second kappa shape index (κ2) is 8.63. The average Bonchev–Trinajstić information content (AvgIpc) is 3.09. The molecule has 0 N–H and O–H groups in total. The monoisotopic (exact) mass is 421 g/mol. The molecule has 3 rings (SSSR count). The van der Waals surface area contributed by atoms with Crippen LogP contribution in [0.1, 0.15) is 18.9 Å². The minimum absolute atomic E-state index is 0.166. The predicted molar refractivity (Wildman–Crippen MR) is 103 cm³/mol. The molecular weight excluding hydrogens is 402 g/mol. The van der Waals surface area contributed by atoms with Crippen molar-refractivity contribution in [2.75, 3.05) is 19.1 Å². The van der Waals surface area contributed by atoms with Gasteiger partial charge >= 0.3 is 0 Å². The summed E-state index contributed by atoms with van der Waals surface area (Å²) in [4.78, 5) is 15.6. The van der Waals surface area contributed by atoms with E-state index in [0.717, 1.165) is 32.2 Å². The Morgan fingerprint density at radius 1 is 1.20 bits per heavy atom. The van der Waals surface area contributed by atoms with E-state index in [2.05, 4.69) is 22.0 Å². The fourth-order valence-corrected chi connectivity index (χ4v) is 4.11.